The van der Waals surface area contributed by atoms with Crippen LogP contribution < -0.4 is 15.5 Å². The number of carbonyl (C=O) groups excluding carboxylic acids is 2. The van der Waals surface area contributed by atoms with Crippen LogP contribution >= 0.6 is 27.5 Å². The third-order valence-electron chi connectivity index (χ3n) is 3.76. The molecule has 0 saturated carbocycles. The molecular weight excluding hydrogens is 446 g/mol. The second-order valence-electron chi connectivity index (χ2n) is 6.26. The fraction of sp³-hybridized carbons (Fsp3) is 0.250. The van der Waals surface area contributed by atoms with E-state index in [1.807, 2.05) is 32.0 Å². The Bertz CT molecular complexity index is 916. The van der Waals surface area contributed by atoms with Gasteiger partial charge in [-0.25, -0.2) is 5.43 Å². The van der Waals surface area contributed by atoms with Crippen LogP contribution in [0, 0.1) is 13.8 Å². The molecule has 2 aromatic rings. The molecule has 2 rings (SSSR count). The Balaban J connectivity index is 1.81. The summed E-state index contributed by atoms with van der Waals surface area (Å²) in [7, 11) is 0. The third kappa shape index (κ3) is 6.98. The third-order valence-corrected chi connectivity index (χ3v) is 4.49. The molecule has 0 saturated heterocycles. The normalized spacial score (nSPS) is 11.1. The fourth-order valence-electron chi connectivity index (χ4n) is 2.30. The number of aryl methyl sites for hydroxylation is 2. The molecule has 148 valence electrons. The second kappa shape index (κ2) is 10.2. The first-order valence-corrected chi connectivity index (χ1v) is 9.68. The number of hydrogen-bond donors (Lipinski definition) is 2. The molecule has 28 heavy (non-hydrogen) atoms. The van der Waals surface area contributed by atoms with E-state index < -0.39 is 5.91 Å². The van der Waals surface area contributed by atoms with Crippen LogP contribution in [-0.2, 0) is 9.59 Å². The van der Waals surface area contributed by atoms with Crippen molar-refractivity contribution in [2.24, 2.45) is 5.10 Å². The molecule has 2 N–H and O–H groups in total. The van der Waals surface area contributed by atoms with Crippen molar-refractivity contribution in [1.29, 1.82) is 0 Å². The minimum absolute atomic E-state index is 0.0406. The van der Waals surface area contributed by atoms with E-state index in [9.17, 15) is 9.59 Å². The van der Waals surface area contributed by atoms with E-state index >= 15 is 0 Å². The van der Waals surface area contributed by atoms with Gasteiger partial charge >= 0.3 is 0 Å². The van der Waals surface area contributed by atoms with Crippen molar-refractivity contribution < 1.29 is 14.3 Å². The van der Waals surface area contributed by atoms with Crippen LogP contribution in [0.5, 0.6) is 5.75 Å². The second-order valence-corrected chi connectivity index (χ2v) is 7.62. The van der Waals surface area contributed by atoms with Crippen LogP contribution in [0.2, 0.25) is 5.02 Å². The summed E-state index contributed by atoms with van der Waals surface area (Å²) in [5, 5.41) is 7.26. The number of amides is 2. The van der Waals surface area contributed by atoms with E-state index in [2.05, 4.69) is 31.8 Å². The molecule has 2 amide bonds. The topological polar surface area (TPSA) is 79.8 Å². The number of rotatable bonds is 7. The Labute approximate surface area is 177 Å². The van der Waals surface area contributed by atoms with Crippen molar-refractivity contribution in [2.45, 2.75) is 27.2 Å². The van der Waals surface area contributed by atoms with E-state index in [0.29, 0.717) is 22.2 Å². The number of nitrogens with zero attached hydrogens (tertiary/aromatic N) is 1. The number of hydrazone groups is 1. The van der Waals surface area contributed by atoms with E-state index in [4.69, 9.17) is 16.3 Å². The van der Waals surface area contributed by atoms with Crippen LogP contribution in [-0.4, -0.2) is 24.1 Å². The Morgan fingerprint density at radius 2 is 1.86 bits per heavy atom. The van der Waals surface area contributed by atoms with E-state index in [0.717, 1.165) is 15.6 Å². The van der Waals surface area contributed by atoms with Gasteiger partial charge in [0, 0.05) is 20.9 Å². The number of nitrogens with one attached hydrogen (secondary N) is 2. The molecular formula is C20H21BrClN3O3. The molecule has 0 bridgehead atoms. The smallest absolute Gasteiger partial charge is 0.277 e. The molecule has 0 radical (unpaired) electrons. The van der Waals surface area contributed by atoms with Gasteiger partial charge in [-0.2, -0.15) is 5.10 Å². The molecule has 0 fully saturated rings. The molecule has 0 aliphatic carbocycles. The first kappa shape index (κ1) is 21.9. The number of halogens is 2. The summed E-state index contributed by atoms with van der Waals surface area (Å²) < 4.78 is 6.41. The molecule has 6 nitrogen and oxygen atoms in total. The predicted octanol–water partition coefficient (Wildman–Crippen LogP) is 4.62. The summed E-state index contributed by atoms with van der Waals surface area (Å²) in [6, 6.07) is 10.8. The van der Waals surface area contributed by atoms with Crippen LogP contribution in [0.1, 0.15) is 24.5 Å². The van der Waals surface area contributed by atoms with Crippen molar-refractivity contribution in [3.63, 3.8) is 0 Å². The summed E-state index contributed by atoms with van der Waals surface area (Å²) in [6.07, 6.45) is 0.0406. The van der Waals surface area contributed by atoms with Crippen LogP contribution in [0.15, 0.2) is 46.0 Å². The zero-order chi connectivity index (χ0) is 20.7. The highest BCUT2D eigenvalue weighted by molar-refractivity contribution is 9.10. The van der Waals surface area contributed by atoms with E-state index in [1.54, 1.807) is 25.1 Å². The lowest BCUT2D eigenvalue weighted by molar-refractivity contribution is -0.123. The Morgan fingerprint density at radius 1 is 1.11 bits per heavy atom. The van der Waals surface area contributed by atoms with Crippen molar-refractivity contribution in [3.05, 3.63) is 57.0 Å². The zero-order valence-electron chi connectivity index (χ0n) is 15.8. The maximum absolute atomic E-state index is 12.1. The lowest BCUT2D eigenvalue weighted by Gasteiger charge is -2.09. The van der Waals surface area contributed by atoms with Gasteiger partial charge in [0.05, 0.1) is 6.42 Å². The summed E-state index contributed by atoms with van der Waals surface area (Å²) in [4.78, 5) is 24.0. The largest absolute Gasteiger partial charge is 0.483 e. The monoisotopic (exact) mass is 465 g/mol. The molecule has 0 heterocycles. The van der Waals surface area contributed by atoms with Gasteiger partial charge in [0.25, 0.3) is 5.91 Å². The quantitative estimate of drug-likeness (QED) is 0.461. The summed E-state index contributed by atoms with van der Waals surface area (Å²) >= 11 is 9.32. The first-order valence-electron chi connectivity index (χ1n) is 8.51. The average Bonchev–Trinajstić information content (AvgIpc) is 2.62. The number of hydrogen-bond acceptors (Lipinski definition) is 4. The number of benzene rings is 2. The lowest BCUT2D eigenvalue weighted by atomic mass is 10.2. The van der Waals surface area contributed by atoms with Gasteiger partial charge in [0.2, 0.25) is 5.91 Å². The van der Waals surface area contributed by atoms with Gasteiger partial charge in [0.15, 0.2) is 6.61 Å². The zero-order valence-corrected chi connectivity index (χ0v) is 18.1. The number of ether oxygens (including phenoxy) is 1. The van der Waals surface area contributed by atoms with Crippen LogP contribution in [0.4, 0.5) is 5.69 Å². The minimum atomic E-state index is -0.409. The molecule has 0 unspecified atom stereocenters. The van der Waals surface area contributed by atoms with Gasteiger partial charge < -0.3 is 10.1 Å². The van der Waals surface area contributed by atoms with Gasteiger partial charge in [-0.15, -0.1) is 0 Å². The molecule has 0 spiro atoms. The van der Waals surface area contributed by atoms with Crippen molar-refractivity contribution >= 4 is 50.7 Å². The maximum Gasteiger partial charge on any atom is 0.277 e. The summed E-state index contributed by atoms with van der Waals surface area (Å²) in [6.45, 7) is 5.25. The van der Waals surface area contributed by atoms with Crippen molar-refractivity contribution in [1.82, 2.24) is 5.43 Å². The minimum Gasteiger partial charge on any atom is -0.483 e. The van der Waals surface area contributed by atoms with E-state index in [1.165, 1.54) is 0 Å². The predicted molar refractivity (Wildman–Crippen MR) is 115 cm³/mol. The lowest BCUT2D eigenvalue weighted by Crippen LogP contribution is -2.26. The molecule has 0 atom stereocenters. The van der Waals surface area contributed by atoms with Crippen molar-refractivity contribution in [2.75, 3.05) is 11.9 Å². The molecule has 0 aromatic heterocycles. The Hall–Kier alpha value is -2.38. The van der Waals surface area contributed by atoms with Crippen LogP contribution in [0.3, 0.4) is 0 Å². The van der Waals surface area contributed by atoms with Crippen LogP contribution in [0.25, 0.3) is 0 Å². The Kier molecular flexibility index (Phi) is 8.02. The molecule has 0 aliphatic heterocycles. The fourth-order valence-corrected chi connectivity index (χ4v) is 2.95. The number of carbonyl (C=O) groups is 2. The Morgan fingerprint density at radius 3 is 2.57 bits per heavy atom. The summed E-state index contributed by atoms with van der Waals surface area (Å²) in [5.74, 6) is -0.0364. The van der Waals surface area contributed by atoms with Gasteiger partial charge in [-0.05, 0) is 62.2 Å². The highest BCUT2D eigenvalue weighted by Crippen LogP contribution is 2.22. The van der Waals surface area contributed by atoms with E-state index in [-0.39, 0.29) is 18.9 Å². The molecule has 0 aliphatic rings. The summed E-state index contributed by atoms with van der Waals surface area (Å²) in [5.41, 5.74) is 5.31. The maximum atomic E-state index is 12.1. The van der Waals surface area contributed by atoms with Crippen molar-refractivity contribution in [3.8, 4) is 5.75 Å². The first-order chi connectivity index (χ1) is 13.2. The molecule has 8 heteroatoms. The standard InChI is InChI=1S/C20H21BrClN3O3/c1-12-4-6-16(22)10-17(12)23-19(26)9-14(3)24-25-20(27)11-28-18-7-5-15(21)8-13(18)2/h4-8,10H,9,11H2,1-3H3,(H,23,26)(H,25,27). The van der Waals surface area contributed by atoms with Gasteiger partial charge in [-0.1, -0.05) is 33.6 Å². The average molecular weight is 467 g/mol. The highest BCUT2D eigenvalue weighted by Gasteiger charge is 2.09. The SMILES string of the molecule is CC(CC(=O)Nc1cc(Cl)ccc1C)=NNC(=O)COc1ccc(Br)cc1C. The highest BCUT2D eigenvalue weighted by atomic mass is 79.9. The van der Waals surface area contributed by atoms with Gasteiger partial charge in [-0.3, -0.25) is 9.59 Å². The van der Waals surface area contributed by atoms with Gasteiger partial charge in [0.1, 0.15) is 5.75 Å². The number of anilines is 1. The molecule has 2 aromatic carbocycles.